The van der Waals surface area contributed by atoms with Crippen molar-refractivity contribution < 1.29 is 51.9 Å². The summed E-state index contributed by atoms with van der Waals surface area (Å²) in [6.45, 7) is 0.484. The number of piperidine rings is 3. The average Bonchev–Trinajstić information content (AvgIpc) is 4.08. The summed E-state index contributed by atoms with van der Waals surface area (Å²) in [5.41, 5.74) is 3.18. The molecular weight excluding hydrogens is 954 g/mol. The van der Waals surface area contributed by atoms with E-state index in [1.165, 1.54) is 23.1 Å². The number of anilines is 1. The molecule has 362 valence electrons. The van der Waals surface area contributed by atoms with Gasteiger partial charge in [-0.2, -0.15) is 13.5 Å². The van der Waals surface area contributed by atoms with E-state index in [9.17, 15) is 33.5 Å². The number of carbonyl (C=O) groups is 3. The van der Waals surface area contributed by atoms with E-state index in [1.807, 2.05) is 54.6 Å². The van der Waals surface area contributed by atoms with Gasteiger partial charge in [-0.1, -0.05) is 71.7 Å². The van der Waals surface area contributed by atoms with Crippen molar-refractivity contribution in [3.63, 3.8) is 0 Å². The molecule has 5 heterocycles. The van der Waals surface area contributed by atoms with Gasteiger partial charge in [0.25, 0.3) is 5.91 Å². The minimum absolute atomic E-state index is 0.00567. The first-order valence-electron chi connectivity index (χ1n) is 22.9. The number of carboxylic acid groups (broad SMARTS) is 1. The minimum Gasteiger partial charge on any atom is -0.619 e. The Morgan fingerprint density at radius 1 is 0.870 bits per heavy atom. The highest BCUT2D eigenvalue weighted by atomic mass is 35.5. The number of amides is 2. The van der Waals surface area contributed by atoms with E-state index in [4.69, 9.17) is 42.1 Å². The number of nitrogens with zero attached hydrogens (tertiary/aromatic N) is 4. The fourth-order valence-electron chi connectivity index (χ4n) is 9.40. The van der Waals surface area contributed by atoms with Gasteiger partial charge in [0.05, 0.1) is 13.2 Å². The number of aromatic nitrogens is 1. The molecule has 4 saturated heterocycles. The van der Waals surface area contributed by atoms with E-state index in [0.717, 1.165) is 86.3 Å². The Hall–Kier alpha value is -5.81. The summed E-state index contributed by atoms with van der Waals surface area (Å²) in [6, 6.07) is 27.8. The van der Waals surface area contributed by atoms with Gasteiger partial charge < -0.3 is 34.2 Å². The SMILES string of the molecule is O=C(O[C@H]1CN2CCC1CC2)N(Cc1ccc(OCc2ccc(C(=O)N3CCS[C@]3(C(=O)O)[C@@H](Cc3c(Cl)c[n+]([O-])cc3Cl)c3ccc(OC(F)F)c(OCC4CC4)c3)cc2)cc1)c1ccccc1. The van der Waals surface area contributed by atoms with Crippen molar-refractivity contribution in [3.8, 4) is 17.2 Å². The number of thioether (sulfide) groups is 1. The van der Waals surface area contributed by atoms with Crippen LogP contribution in [0.4, 0.5) is 19.3 Å². The quantitative estimate of drug-likeness (QED) is 0.0662. The molecule has 0 radical (unpaired) electrons. The summed E-state index contributed by atoms with van der Waals surface area (Å²) in [7, 11) is 0. The van der Waals surface area contributed by atoms with Crippen LogP contribution in [0, 0.1) is 17.0 Å². The van der Waals surface area contributed by atoms with Crippen LogP contribution < -0.4 is 23.8 Å². The van der Waals surface area contributed by atoms with Crippen LogP contribution >= 0.6 is 35.0 Å². The molecule has 2 amide bonds. The van der Waals surface area contributed by atoms with E-state index in [2.05, 4.69) is 4.90 Å². The van der Waals surface area contributed by atoms with Crippen LogP contribution in [0.25, 0.3) is 0 Å². The number of carboxylic acids is 1. The van der Waals surface area contributed by atoms with Crippen LogP contribution in [0.3, 0.4) is 0 Å². The lowest BCUT2D eigenvalue weighted by atomic mass is 9.83. The molecule has 13 nitrogen and oxygen atoms in total. The number of halogens is 4. The molecule has 18 heteroatoms. The number of rotatable bonds is 18. The zero-order valence-corrected chi connectivity index (χ0v) is 39.7. The molecule has 2 bridgehead atoms. The highest BCUT2D eigenvalue weighted by molar-refractivity contribution is 8.01. The second kappa shape index (κ2) is 21.0. The summed E-state index contributed by atoms with van der Waals surface area (Å²) < 4.78 is 50.5. The number of fused-ring (bicyclic) bond motifs is 3. The number of aliphatic carboxylic acids is 1. The second-order valence-corrected chi connectivity index (χ2v) is 19.9. The van der Waals surface area contributed by atoms with Crippen molar-refractivity contribution in [1.82, 2.24) is 9.80 Å². The first kappa shape index (κ1) is 48.2. The maximum absolute atomic E-state index is 14.6. The molecule has 5 aliphatic rings. The molecule has 1 N–H and O–H groups in total. The normalized spacial score (nSPS) is 21.2. The molecule has 0 spiro atoms. The molecule has 1 saturated carbocycles. The zero-order chi connectivity index (χ0) is 48.2. The molecule has 5 fully saturated rings. The molecule has 0 unspecified atom stereocenters. The van der Waals surface area contributed by atoms with Crippen LogP contribution in [0.5, 0.6) is 17.2 Å². The third-order valence-corrected chi connectivity index (χ3v) is 15.5. The van der Waals surface area contributed by atoms with Gasteiger partial charge in [-0.3, -0.25) is 14.6 Å². The summed E-state index contributed by atoms with van der Waals surface area (Å²) in [5, 5.41) is 23.4. The molecule has 4 aromatic carbocycles. The Kier molecular flexibility index (Phi) is 14.7. The predicted octanol–water partition coefficient (Wildman–Crippen LogP) is 9.83. The van der Waals surface area contributed by atoms with Gasteiger partial charge in [-0.25, -0.2) is 9.59 Å². The number of benzene rings is 4. The van der Waals surface area contributed by atoms with Crippen molar-refractivity contribution in [1.29, 1.82) is 0 Å². The Morgan fingerprint density at radius 2 is 1.57 bits per heavy atom. The van der Waals surface area contributed by atoms with Gasteiger partial charge in [0.2, 0.25) is 0 Å². The largest absolute Gasteiger partial charge is 0.619 e. The zero-order valence-electron chi connectivity index (χ0n) is 37.4. The minimum atomic E-state index is -3.15. The van der Waals surface area contributed by atoms with Crippen LogP contribution in [-0.4, -0.2) is 89.0 Å². The van der Waals surface area contributed by atoms with Crippen LogP contribution in [-0.2, 0) is 29.1 Å². The number of alkyl halides is 2. The standard InChI is InChI=1S/C51H50Cl2F2N4O9S/c52-42-27-57(64)28-43(53)40(42)25-41(37-14-17-44(67-49(54)55)45(24-37)66-31-33-6-7-33)51(48(61)62)59(22-23-69-51)47(60)36-12-8-34(9-13-36)30-65-39-15-10-32(11-16-39)26-58(38-4-2-1-3-5-38)50(63)68-46-29-56-20-18-35(46)19-21-56/h1-5,8-17,24,27-28,33,35,41,46,49H,6-7,18-23,25-26,29-31H2,(H,61,62)/t41-,46-,51-/m0/s1. The molecule has 1 aliphatic carbocycles. The topological polar surface area (TPSA) is 145 Å². The fraction of sp³-hybridized carbons (Fsp3) is 0.373. The lowest BCUT2D eigenvalue weighted by Crippen LogP contribution is -2.55. The van der Waals surface area contributed by atoms with Crippen molar-refractivity contribution in [2.45, 2.75) is 68.8 Å². The number of para-hydroxylation sites is 1. The lowest BCUT2D eigenvalue weighted by Gasteiger charge is -2.44. The second-order valence-electron chi connectivity index (χ2n) is 17.8. The Morgan fingerprint density at radius 3 is 2.20 bits per heavy atom. The first-order chi connectivity index (χ1) is 33.3. The predicted molar refractivity (Wildman–Crippen MR) is 256 cm³/mol. The van der Waals surface area contributed by atoms with E-state index in [1.54, 1.807) is 29.2 Å². The fourth-order valence-corrected chi connectivity index (χ4v) is 11.5. The number of ether oxygens (including phenoxy) is 4. The molecule has 3 atom stereocenters. The van der Waals surface area contributed by atoms with Gasteiger partial charge >= 0.3 is 18.7 Å². The number of hydrogen-bond donors (Lipinski definition) is 1. The Labute approximate surface area is 412 Å². The Balaban J connectivity index is 0.910. The van der Waals surface area contributed by atoms with Gasteiger partial charge in [-0.05, 0) is 122 Å². The summed E-state index contributed by atoms with van der Waals surface area (Å²) in [4.78, 5) is 45.4. The van der Waals surface area contributed by atoms with Gasteiger partial charge in [0.1, 0.15) is 28.5 Å². The smallest absolute Gasteiger partial charge is 0.414 e. The van der Waals surface area contributed by atoms with Gasteiger partial charge in [0, 0.05) is 41.6 Å². The molecule has 1 aromatic heterocycles. The maximum Gasteiger partial charge on any atom is 0.414 e. The van der Waals surface area contributed by atoms with Crippen LogP contribution in [0.1, 0.15) is 64.2 Å². The third kappa shape index (κ3) is 11.0. The van der Waals surface area contributed by atoms with E-state index < -0.39 is 29.3 Å². The molecular formula is C51H50Cl2F2N4O9S. The van der Waals surface area contributed by atoms with Gasteiger partial charge in [-0.15, -0.1) is 11.8 Å². The lowest BCUT2D eigenvalue weighted by molar-refractivity contribution is -0.605. The first-order valence-corrected chi connectivity index (χ1v) is 24.6. The molecule has 4 aliphatic heterocycles. The molecule has 5 aromatic rings. The maximum atomic E-state index is 14.6. The van der Waals surface area contributed by atoms with E-state index in [0.29, 0.717) is 28.5 Å². The highest BCUT2D eigenvalue weighted by Gasteiger charge is 2.57. The van der Waals surface area contributed by atoms with Crippen molar-refractivity contribution >= 4 is 58.6 Å². The van der Waals surface area contributed by atoms with E-state index in [-0.39, 0.29) is 82.7 Å². The Bertz CT molecular complexity index is 2620. The van der Waals surface area contributed by atoms with E-state index >= 15 is 0 Å². The number of carbonyl (C=O) groups excluding carboxylic acids is 2. The third-order valence-electron chi connectivity index (χ3n) is 13.3. The van der Waals surface area contributed by atoms with Crippen LogP contribution in [0.2, 0.25) is 10.0 Å². The highest BCUT2D eigenvalue weighted by Crippen LogP contribution is 2.51. The summed E-state index contributed by atoms with van der Waals surface area (Å²) in [5.74, 6) is -1.74. The monoisotopic (exact) mass is 1000 g/mol. The summed E-state index contributed by atoms with van der Waals surface area (Å²) >= 11 is 14.2. The summed E-state index contributed by atoms with van der Waals surface area (Å²) in [6.07, 6.45) is 5.46. The van der Waals surface area contributed by atoms with Crippen LogP contribution in [0.15, 0.2) is 109 Å². The van der Waals surface area contributed by atoms with Crippen molar-refractivity contribution in [2.24, 2.45) is 11.8 Å². The molecule has 10 rings (SSSR count). The van der Waals surface area contributed by atoms with Crippen molar-refractivity contribution in [3.05, 3.63) is 153 Å². The molecule has 69 heavy (non-hydrogen) atoms. The average molecular weight is 1000 g/mol. The van der Waals surface area contributed by atoms with Crippen molar-refractivity contribution in [2.75, 3.05) is 43.4 Å². The number of pyridine rings is 1. The number of hydrogen-bond acceptors (Lipinski definition) is 10. The van der Waals surface area contributed by atoms with Gasteiger partial charge in [0.15, 0.2) is 28.8 Å².